The fourth-order valence-electron chi connectivity index (χ4n) is 2.30. The summed E-state index contributed by atoms with van der Waals surface area (Å²) < 4.78 is 7.15. The SMILES string of the molecule is O=C(O)CNC(=O)Cn1ccc2ccc(-c3ccco3)cc21. The molecule has 0 fully saturated rings. The maximum Gasteiger partial charge on any atom is 0.322 e. The number of fused-ring (bicyclic) bond motifs is 1. The van der Waals surface area contributed by atoms with Crippen molar-refractivity contribution in [3.63, 3.8) is 0 Å². The van der Waals surface area contributed by atoms with Gasteiger partial charge in [-0.15, -0.1) is 0 Å². The van der Waals surface area contributed by atoms with Gasteiger partial charge in [0.2, 0.25) is 5.91 Å². The molecule has 0 aliphatic rings. The number of aromatic nitrogens is 1. The average molecular weight is 298 g/mol. The minimum atomic E-state index is -1.06. The van der Waals surface area contributed by atoms with Crippen molar-refractivity contribution in [1.82, 2.24) is 9.88 Å². The van der Waals surface area contributed by atoms with Crippen LogP contribution in [0.2, 0.25) is 0 Å². The summed E-state index contributed by atoms with van der Waals surface area (Å²) >= 11 is 0. The van der Waals surface area contributed by atoms with Crippen LogP contribution in [0.3, 0.4) is 0 Å². The van der Waals surface area contributed by atoms with Gasteiger partial charge in [0.1, 0.15) is 18.8 Å². The van der Waals surface area contributed by atoms with Crippen LogP contribution in [0.1, 0.15) is 0 Å². The van der Waals surface area contributed by atoms with Crippen molar-refractivity contribution in [3.05, 3.63) is 48.9 Å². The highest BCUT2D eigenvalue weighted by Gasteiger charge is 2.09. The van der Waals surface area contributed by atoms with Crippen LogP contribution in [0.15, 0.2) is 53.3 Å². The van der Waals surface area contributed by atoms with Crippen LogP contribution in [0.5, 0.6) is 0 Å². The van der Waals surface area contributed by atoms with Crippen molar-refractivity contribution in [1.29, 1.82) is 0 Å². The predicted molar refractivity (Wildman–Crippen MR) is 80.3 cm³/mol. The topological polar surface area (TPSA) is 84.5 Å². The maximum absolute atomic E-state index is 11.8. The molecule has 0 atom stereocenters. The van der Waals surface area contributed by atoms with E-state index in [2.05, 4.69) is 5.32 Å². The lowest BCUT2D eigenvalue weighted by molar-refractivity contribution is -0.138. The molecule has 6 nitrogen and oxygen atoms in total. The number of aliphatic carboxylic acids is 1. The van der Waals surface area contributed by atoms with Gasteiger partial charge in [-0.05, 0) is 29.7 Å². The summed E-state index contributed by atoms with van der Waals surface area (Å²) in [7, 11) is 0. The number of nitrogens with zero attached hydrogens (tertiary/aromatic N) is 1. The second kappa shape index (κ2) is 5.77. The number of carbonyl (C=O) groups is 2. The molecule has 0 unspecified atom stereocenters. The van der Waals surface area contributed by atoms with E-state index < -0.39 is 5.97 Å². The predicted octanol–water partition coefficient (Wildman–Crippen LogP) is 2.10. The summed E-state index contributed by atoms with van der Waals surface area (Å²) in [5, 5.41) is 11.9. The van der Waals surface area contributed by atoms with Crippen molar-refractivity contribution in [3.8, 4) is 11.3 Å². The van der Waals surface area contributed by atoms with Gasteiger partial charge < -0.3 is 19.4 Å². The summed E-state index contributed by atoms with van der Waals surface area (Å²) in [6, 6.07) is 11.4. The van der Waals surface area contributed by atoms with E-state index >= 15 is 0 Å². The normalized spacial score (nSPS) is 10.7. The number of carboxylic acids is 1. The van der Waals surface area contributed by atoms with E-state index in [-0.39, 0.29) is 19.0 Å². The fourth-order valence-corrected chi connectivity index (χ4v) is 2.30. The third-order valence-corrected chi connectivity index (χ3v) is 3.33. The number of amides is 1. The van der Waals surface area contributed by atoms with E-state index in [1.807, 2.05) is 36.4 Å². The lowest BCUT2D eigenvalue weighted by Gasteiger charge is -2.06. The zero-order valence-corrected chi connectivity index (χ0v) is 11.7. The van der Waals surface area contributed by atoms with Gasteiger partial charge in [0.25, 0.3) is 0 Å². The molecule has 1 aromatic carbocycles. The van der Waals surface area contributed by atoms with Crippen molar-refractivity contribution in [2.75, 3.05) is 6.54 Å². The summed E-state index contributed by atoms with van der Waals surface area (Å²) in [6.07, 6.45) is 3.41. The second-order valence-corrected chi connectivity index (χ2v) is 4.87. The molecule has 22 heavy (non-hydrogen) atoms. The Morgan fingerprint density at radius 1 is 1.23 bits per heavy atom. The molecule has 0 aliphatic heterocycles. The number of furan rings is 1. The molecule has 0 spiro atoms. The third kappa shape index (κ3) is 2.85. The lowest BCUT2D eigenvalue weighted by atomic mass is 10.1. The summed E-state index contributed by atoms with van der Waals surface area (Å²) in [6.45, 7) is -0.311. The molecule has 3 rings (SSSR count). The monoisotopic (exact) mass is 298 g/mol. The molecule has 2 aromatic heterocycles. The Labute approximate surface area is 126 Å². The van der Waals surface area contributed by atoms with Gasteiger partial charge in [0.05, 0.1) is 6.26 Å². The zero-order valence-electron chi connectivity index (χ0n) is 11.7. The molecule has 0 saturated carbocycles. The molecule has 2 heterocycles. The van der Waals surface area contributed by atoms with Crippen molar-refractivity contribution < 1.29 is 19.1 Å². The fraction of sp³-hybridized carbons (Fsp3) is 0.125. The van der Waals surface area contributed by atoms with E-state index in [0.29, 0.717) is 0 Å². The number of carboxylic acid groups (broad SMARTS) is 1. The number of hydrogen-bond acceptors (Lipinski definition) is 3. The standard InChI is InChI=1S/C16H14N2O4/c19-15(17-9-16(20)21)10-18-6-5-11-3-4-12(8-13(11)18)14-2-1-7-22-14/h1-8H,9-10H2,(H,17,19)(H,20,21). The molecular weight excluding hydrogens is 284 g/mol. The molecule has 1 amide bonds. The van der Waals surface area contributed by atoms with E-state index in [9.17, 15) is 9.59 Å². The van der Waals surface area contributed by atoms with Crippen molar-refractivity contribution in [2.45, 2.75) is 6.54 Å². The van der Waals surface area contributed by atoms with Gasteiger partial charge in [0.15, 0.2) is 0 Å². The van der Waals surface area contributed by atoms with E-state index in [0.717, 1.165) is 22.2 Å². The van der Waals surface area contributed by atoms with Gasteiger partial charge in [-0.3, -0.25) is 9.59 Å². The third-order valence-electron chi connectivity index (χ3n) is 3.33. The lowest BCUT2D eigenvalue weighted by Crippen LogP contribution is -2.31. The van der Waals surface area contributed by atoms with Crippen molar-refractivity contribution in [2.24, 2.45) is 0 Å². The molecule has 3 aromatic rings. The first-order valence-electron chi connectivity index (χ1n) is 6.75. The van der Waals surface area contributed by atoms with Crippen LogP contribution in [0.25, 0.3) is 22.2 Å². The highest BCUT2D eigenvalue weighted by molar-refractivity contribution is 5.87. The molecule has 6 heteroatoms. The second-order valence-electron chi connectivity index (χ2n) is 4.87. The quantitative estimate of drug-likeness (QED) is 0.755. The Kier molecular flexibility index (Phi) is 3.65. The first-order chi connectivity index (χ1) is 10.6. The van der Waals surface area contributed by atoms with E-state index in [4.69, 9.17) is 9.52 Å². The molecular formula is C16H14N2O4. The first kappa shape index (κ1) is 13.9. The number of nitrogens with one attached hydrogen (secondary N) is 1. The Hall–Kier alpha value is -3.02. The number of rotatable bonds is 5. The largest absolute Gasteiger partial charge is 0.480 e. The summed E-state index contributed by atoms with van der Waals surface area (Å²) in [4.78, 5) is 22.2. The summed E-state index contributed by atoms with van der Waals surface area (Å²) in [5.41, 5.74) is 1.81. The molecule has 112 valence electrons. The number of hydrogen-bond donors (Lipinski definition) is 2. The van der Waals surface area contributed by atoms with Crippen LogP contribution in [0.4, 0.5) is 0 Å². The Morgan fingerprint density at radius 2 is 2.09 bits per heavy atom. The van der Waals surface area contributed by atoms with Gasteiger partial charge in [-0.25, -0.2) is 0 Å². The molecule has 0 radical (unpaired) electrons. The van der Waals surface area contributed by atoms with Gasteiger partial charge in [-0.1, -0.05) is 12.1 Å². The maximum atomic E-state index is 11.8. The van der Waals surface area contributed by atoms with Gasteiger partial charge in [0, 0.05) is 17.3 Å². The van der Waals surface area contributed by atoms with Crippen LogP contribution >= 0.6 is 0 Å². The Bertz CT molecular complexity index is 818. The Morgan fingerprint density at radius 3 is 2.82 bits per heavy atom. The summed E-state index contributed by atoms with van der Waals surface area (Å²) in [5.74, 6) is -0.654. The smallest absolute Gasteiger partial charge is 0.322 e. The number of carbonyl (C=O) groups excluding carboxylic acids is 1. The molecule has 0 aliphatic carbocycles. The average Bonchev–Trinajstić information content (AvgIpc) is 3.15. The Balaban J connectivity index is 1.85. The van der Waals surface area contributed by atoms with Crippen LogP contribution in [0, 0.1) is 0 Å². The van der Waals surface area contributed by atoms with Crippen LogP contribution in [-0.2, 0) is 16.1 Å². The molecule has 2 N–H and O–H groups in total. The highest BCUT2D eigenvalue weighted by Crippen LogP contribution is 2.25. The first-order valence-corrected chi connectivity index (χ1v) is 6.75. The van der Waals surface area contributed by atoms with Crippen LogP contribution < -0.4 is 5.32 Å². The zero-order chi connectivity index (χ0) is 15.5. The number of benzene rings is 1. The van der Waals surface area contributed by atoms with Gasteiger partial charge in [-0.2, -0.15) is 0 Å². The van der Waals surface area contributed by atoms with Crippen LogP contribution in [-0.4, -0.2) is 28.1 Å². The molecule has 0 bridgehead atoms. The van der Waals surface area contributed by atoms with E-state index in [1.165, 1.54) is 0 Å². The van der Waals surface area contributed by atoms with Gasteiger partial charge >= 0.3 is 5.97 Å². The van der Waals surface area contributed by atoms with E-state index in [1.54, 1.807) is 17.0 Å². The minimum Gasteiger partial charge on any atom is -0.480 e. The highest BCUT2D eigenvalue weighted by atomic mass is 16.4. The van der Waals surface area contributed by atoms with Crippen molar-refractivity contribution >= 4 is 22.8 Å². The minimum absolute atomic E-state index is 0.0678. The molecule has 0 saturated heterocycles.